The Hall–Kier alpha value is -1.42. The number of nitrogens with zero attached hydrogens (tertiary/aromatic N) is 1. The summed E-state index contributed by atoms with van der Waals surface area (Å²) in [5.74, 6) is 0.188. The fraction of sp³-hybridized carbons (Fsp3) is 0.412. The number of allylic oxidation sites excluding steroid dienone is 2. The Balaban J connectivity index is 1.76. The third-order valence-electron chi connectivity index (χ3n) is 5.17. The van der Waals surface area contributed by atoms with Gasteiger partial charge >= 0.3 is 0 Å². The minimum atomic E-state index is -0.138. The maximum absolute atomic E-state index is 12.8. The van der Waals surface area contributed by atoms with Gasteiger partial charge in [0.1, 0.15) is 0 Å². The van der Waals surface area contributed by atoms with E-state index in [2.05, 4.69) is 28.1 Å². The van der Waals surface area contributed by atoms with Gasteiger partial charge < -0.3 is 0 Å². The summed E-state index contributed by atoms with van der Waals surface area (Å²) >= 11 is 3.48. The molecule has 4 atom stereocenters. The maximum atomic E-state index is 12.8. The fourth-order valence-electron chi connectivity index (χ4n) is 4.05. The summed E-state index contributed by atoms with van der Waals surface area (Å²) in [5, 5.41) is 0. The van der Waals surface area contributed by atoms with Gasteiger partial charge in [-0.25, -0.2) is 4.90 Å². The second-order valence-corrected chi connectivity index (χ2v) is 7.14. The summed E-state index contributed by atoms with van der Waals surface area (Å²) in [4.78, 5) is 27.0. The third-order valence-corrected chi connectivity index (χ3v) is 6.03. The van der Waals surface area contributed by atoms with Gasteiger partial charge in [-0.3, -0.25) is 9.59 Å². The molecule has 1 saturated heterocycles. The summed E-state index contributed by atoms with van der Waals surface area (Å²) in [7, 11) is 0. The lowest BCUT2D eigenvalue weighted by molar-refractivity contribution is -0.124. The molecule has 1 aromatic carbocycles. The first-order valence-corrected chi connectivity index (χ1v) is 8.19. The number of carbonyl (C=O) groups excluding carboxylic acids is 2. The molecule has 4 aliphatic rings. The van der Waals surface area contributed by atoms with E-state index in [1.807, 2.05) is 25.1 Å². The molecule has 108 valence electrons. The van der Waals surface area contributed by atoms with Crippen molar-refractivity contribution in [2.24, 2.45) is 23.7 Å². The van der Waals surface area contributed by atoms with Gasteiger partial charge in [0, 0.05) is 4.47 Å². The van der Waals surface area contributed by atoms with Crippen LogP contribution in [0.15, 0.2) is 34.8 Å². The molecule has 1 heterocycles. The number of hydrogen-bond acceptors (Lipinski definition) is 2. The smallest absolute Gasteiger partial charge is 0.238 e. The van der Waals surface area contributed by atoms with Gasteiger partial charge in [0.25, 0.3) is 0 Å². The van der Waals surface area contributed by atoms with Gasteiger partial charge in [-0.15, -0.1) is 0 Å². The average molecular weight is 346 g/mol. The number of anilines is 1. The molecule has 1 saturated carbocycles. The molecular weight excluding hydrogens is 330 g/mol. The zero-order valence-electron chi connectivity index (χ0n) is 11.8. The van der Waals surface area contributed by atoms with Crippen LogP contribution in [-0.4, -0.2) is 11.8 Å². The lowest BCUT2D eigenvalue weighted by atomic mass is 9.63. The predicted molar refractivity (Wildman–Crippen MR) is 83.7 cm³/mol. The Morgan fingerprint density at radius 2 is 1.62 bits per heavy atom. The number of amides is 2. The first kappa shape index (κ1) is 13.3. The van der Waals surface area contributed by atoms with Crippen molar-refractivity contribution < 1.29 is 9.59 Å². The van der Waals surface area contributed by atoms with E-state index in [1.54, 1.807) is 0 Å². The normalized spacial score (nSPS) is 33.7. The summed E-state index contributed by atoms with van der Waals surface area (Å²) in [5.41, 5.74) is 1.79. The van der Waals surface area contributed by atoms with Crippen LogP contribution in [0.2, 0.25) is 0 Å². The number of imide groups is 1. The number of hydrogen-bond donors (Lipinski definition) is 0. The van der Waals surface area contributed by atoms with Gasteiger partial charge in [-0.05, 0) is 49.3 Å². The first-order valence-electron chi connectivity index (χ1n) is 7.40. The van der Waals surface area contributed by atoms with E-state index in [0.29, 0.717) is 5.69 Å². The van der Waals surface area contributed by atoms with Crippen molar-refractivity contribution in [3.63, 3.8) is 0 Å². The highest BCUT2D eigenvalue weighted by molar-refractivity contribution is 9.10. The maximum Gasteiger partial charge on any atom is 0.238 e. The Morgan fingerprint density at radius 3 is 2.10 bits per heavy atom. The lowest BCUT2D eigenvalue weighted by Gasteiger charge is -2.38. The number of carbonyl (C=O) groups is 2. The van der Waals surface area contributed by atoms with Gasteiger partial charge in [-0.1, -0.05) is 34.1 Å². The van der Waals surface area contributed by atoms with Crippen molar-refractivity contribution in [2.75, 3.05) is 4.90 Å². The van der Waals surface area contributed by atoms with Crippen LogP contribution in [-0.2, 0) is 9.59 Å². The van der Waals surface area contributed by atoms with Crippen LogP contribution in [0.25, 0.3) is 0 Å². The highest BCUT2D eigenvalue weighted by atomic mass is 79.9. The molecule has 3 nitrogen and oxygen atoms in total. The minimum Gasteiger partial charge on any atom is -0.274 e. The number of fused-ring (bicyclic) bond motifs is 1. The molecule has 0 N–H and O–H groups in total. The number of halogens is 1. The Morgan fingerprint density at radius 1 is 1.05 bits per heavy atom. The van der Waals surface area contributed by atoms with Gasteiger partial charge in [0.15, 0.2) is 0 Å². The van der Waals surface area contributed by atoms with Crippen LogP contribution in [0.5, 0.6) is 0 Å². The molecule has 2 bridgehead atoms. The molecule has 0 aromatic heterocycles. The average Bonchev–Trinajstić information content (AvgIpc) is 2.78. The SMILES string of the molecule is Cc1ccc(N2C(=O)[C@@H]3[C@H](C2=O)[C@@H]2C=C[C@H]3CC2)cc1Br. The zero-order chi connectivity index (χ0) is 14.7. The summed E-state index contributed by atoms with van der Waals surface area (Å²) in [6.07, 6.45) is 6.36. The molecule has 0 spiro atoms. The van der Waals surface area contributed by atoms with Gasteiger partial charge in [-0.2, -0.15) is 0 Å². The van der Waals surface area contributed by atoms with Gasteiger partial charge in [0.2, 0.25) is 11.8 Å². The molecule has 5 rings (SSSR count). The molecule has 1 aliphatic heterocycles. The Bertz CT molecular complexity index is 649. The summed E-state index contributed by atoms with van der Waals surface area (Å²) in [6.45, 7) is 1.99. The largest absolute Gasteiger partial charge is 0.274 e. The molecule has 0 unspecified atom stereocenters. The summed E-state index contributed by atoms with van der Waals surface area (Å²) in [6, 6.07) is 5.68. The molecule has 0 radical (unpaired) electrons. The standard InChI is InChI=1S/C17H16BrNO2/c1-9-2-7-12(8-13(9)18)19-16(20)14-10-3-4-11(6-5-10)15(14)17(19)21/h2-4,7-8,10-11,14-15H,5-6H2,1H3/t10-,11+,14-,15+. The fourth-order valence-corrected chi connectivity index (χ4v) is 4.42. The number of rotatable bonds is 1. The molecular formula is C17H16BrNO2. The second kappa shape index (κ2) is 4.54. The van der Waals surface area contributed by atoms with Crippen molar-refractivity contribution >= 4 is 33.4 Å². The molecule has 2 amide bonds. The minimum absolute atomic E-state index is 0.0141. The second-order valence-electron chi connectivity index (χ2n) is 6.29. The van der Waals surface area contributed by atoms with Crippen LogP contribution in [0.4, 0.5) is 5.69 Å². The molecule has 1 aromatic rings. The predicted octanol–water partition coefficient (Wildman–Crippen LogP) is 3.46. The third kappa shape index (κ3) is 1.78. The molecule has 4 heteroatoms. The van der Waals surface area contributed by atoms with E-state index in [4.69, 9.17) is 0 Å². The van der Waals surface area contributed by atoms with Crippen LogP contribution in [0, 0.1) is 30.6 Å². The van der Waals surface area contributed by atoms with E-state index >= 15 is 0 Å². The van der Waals surface area contributed by atoms with E-state index < -0.39 is 0 Å². The van der Waals surface area contributed by atoms with Crippen molar-refractivity contribution in [1.29, 1.82) is 0 Å². The highest BCUT2D eigenvalue weighted by Gasteiger charge is 2.56. The van der Waals surface area contributed by atoms with Gasteiger partial charge in [0.05, 0.1) is 17.5 Å². The van der Waals surface area contributed by atoms with E-state index in [-0.39, 0.29) is 35.5 Å². The van der Waals surface area contributed by atoms with Crippen molar-refractivity contribution in [1.82, 2.24) is 0 Å². The first-order chi connectivity index (χ1) is 10.1. The number of benzene rings is 1. The molecule has 3 aliphatic carbocycles. The monoisotopic (exact) mass is 345 g/mol. The van der Waals surface area contributed by atoms with E-state index in [1.165, 1.54) is 4.90 Å². The topological polar surface area (TPSA) is 37.4 Å². The van der Waals surface area contributed by atoms with Crippen molar-refractivity contribution in [3.8, 4) is 0 Å². The number of aryl methyl sites for hydroxylation is 1. The van der Waals surface area contributed by atoms with Crippen molar-refractivity contribution in [2.45, 2.75) is 19.8 Å². The van der Waals surface area contributed by atoms with E-state index in [0.717, 1.165) is 22.9 Å². The quantitative estimate of drug-likeness (QED) is 0.577. The van der Waals surface area contributed by atoms with Crippen molar-refractivity contribution in [3.05, 3.63) is 40.4 Å². The summed E-state index contributed by atoms with van der Waals surface area (Å²) < 4.78 is 0.927. The van der Waals surface area contributed by atoms with Crippen LogP contribution in [0.3, 0.4) is 0 Å². The molecule has 2 fully saturated rings. The Labute approximate surface area is 132 Å². The van der Waals surface area contributed by atoms with Crippen LogP contribution >= 0.6 is 15.9 Å². The van der Waals surface area contributed by atoms with E-state index in [9.17, 15) is 9.59 Å². The lowest BCUT2D eigenvalue weighted by Crippen LogP contribution is -2.38. The zero-order valence-corrected chi connectivity index (χ0v) is 13.3. The molecule has 21 heavy (non-hydrogen) atoms. The Kier molecular flexibility index (Phi) is 2.86. The van der Waals surface area contributed by atoms with Crippen LogP contribution < -0.4 is 4.90 Å². The van der Waals surface area contributed by atoms with Crippen LogP contribution in [0.1, 0.15) is 18.4 Å². The highest BCUT2D eigenvalue weighted by Crippen LogP contribution is 2.50.